The minimum atomic E-state index is -0.494. The van der Waals surface area contributed by atoms with Crippen LogP contribution in [0.4, 0.5) is 15.8 Å². The zero-order valence-electron chi connectivity index (χ0n) is 18.1. The van der Waals surface area contributed by atoms with E-state index >= 15 is 0 Å². The third-order valence-electron chi connectivity index (χ3n) is 4.51. The monoisotopic (exact) mass is 469 g/mol. The summed E-state index contributed by atoms with van der Waals surface area (Å²) >= 11 is 1.23. The number of nitrogens with one attached hydrogen (secondary N) is 2. The van der Waals surface area contributed by atoms with Crippen LogP contribution in [0.2, 0.25) is 0 Å². The Morgan fingerprint density at radius 1 is 1.15 bits per heavy atom. The van der Waals surface area contributed by atoms with E-state index < -0.39 is 5.82 Å². The molecule has 3 aromatic rings. The molecule has 0 radical (unpaired) electrons. The number of halogens is 1. The quantitative estimate of drug-likeness (QED) is 0.326. The molecule has 0 aliphatic carbocycles. The maximum atomic E-state index is 13.7. The number of amides is 2. The Balaban J connectivity index is 1.57. The number of anilines is 2. The average molecular weight is 470 g/mol. The molecule has 3 rings (SSSR count). The molecule has 0 aliphatic heterocycles. The van der Waals surface area contributed by atoms with Crippen molar-refractivity contribution in [3.05, 3.63) is 72.8 Å². The van der Waals surface area contributed by atoms with E-state index in [1.54, 1.807) is 54.2 Å². The molecule has 2 N–H and O–H groups in total. The third kappa shape index (κ3) is 6.91. The molecular formula is C23H24FN5O3S. The summed E-state index contributed by atoms with van der Waals surface area (Å²) in [5.74, 6) is 0.323. The fourth-order valence-corrected chi connectivity index (χ4v) is 3.72. The highest BCUT2D eigenvalue weighted by Crippen LogP contribution is 2.21. The zero-order chi connectivity index (χ0) is 23.6. The predicted molar refractivity (Wildman–Crippen MR) is 126 cm³/mol. The zero-order valence-corrected chi connectivity index (χ0v) is 18.9. The molecule has 33 heavy (non-hydrogen) atoms. The lowest BCUT2D eigenvalue weighted by atomic mass is 10.2. The summed E-state index contributed by atoms with van der Waals surface area (Å²) in [6, 6.07) is 13.1. The van der Waals surface area contributed by atoms with Crippen LogP contribution in [0.5, 0.6) is 5.75 Å². The van der Waals surface area contributed by atoms with Crippen LogP contribution >= 0.6 is 11.8 Å². The van der Waals surface area contributed by atoms with Crippen molar-refractivity contribution in [3.63, 3.8) is 0 Å². The van der Waals surface area contributed by atoms with Gasteiger partial charge in [-0.25, -0.2) is 4.39 Å². The Bertz CT molecular complexity index is 1130. The van der Waals surface area contributed by atoms with Gasteiger partial charge in [-0.1, -0.05) is 36.0 Å². The fraction of sp³-hybridized carbons (Fsp3) is 0.217. The molecule has 172 valence electrons. The molecule has 2 amide bonds. The Morgan fingerprint density at radius 2 is 1.97 bits per heavy atom. The minimum Gasteiger partial charge on any atom is -0.497 e. The lowest BCUT2D eigenvalue weighted by Gasteiger charge is -2.09. The van der Waals surface area contributed by atoms with Gasteiger partial charge in [-0.2, -0.15) is 0 Å². The molecule has 0 unspecified atom stereocenters. The van der Waals surface area contributed by atoms with Gasteiger partial charge in [-0.15, -0.1) is 16.8 Å². The number of allylic oxidation sites excluding steroid dienone is 1. The Morgan fingerprint density at radius 3 is 2.73 bits per heavy atom. The van der Waals surface area contributed by atoms with E-state index in [1.807, 2.05) is 0 Å². The lowest BCUT2D eigenvalue weighted by Crippen LogP contribution is -2.16. The number of aromatic nitrogens is 3. The van der Waals surface area contributed by atoms with Crippen LogP contribution in [0.3, 0.4) is 0 Å². The first-order valence-corrected chi connectivity index (χ1v) is 11.1. The van der Waals surface area contributed by atoms with Gasteiger partial charge in [0, 0.05) is 31.1 Å². The summed E-state index contributed by atoms with van der Waals surface area (Å²) in [5, 5.41) is 14.2. The third-order valence-corrected chi connectivity index (χ3v) is 5.48. The van der Waals surface area contributed by atoms with Crippen LogP contribution in [-0.4, -0.2) is 39.4 Å². The number of para-hydroxylation sites is 1. The van der Waals surface area contributed by atoms with Crippen LogP contribution in [0, 0.1) is 5.82 Å². The number of nitrogens with zero attached hydrogens (tertiary/aromatic N) is 3. The van der Waals surface area contributed by atoms with Gasteiger partial charge < -0.3 is 19.9 Å². The number of thioether (sulfide) groups is 1. The van der Waals surface area contributed by atoms with Crippen LogP contribution in [0.1, 0.15) is 12.2 Å². The van der Waals surface area contributed by atoms with Crippen molar-refractivity contribution in [2.45, 2.75) is 24.5 Å². The highest BCUT2D eigenvalue weighted by atomic mass is 32.2. The molecular weight excluding hydrogens is 445 g/mol. The number of carbonyl (C=O) groups is 2. The summed E-state index contributed by atoms with van der Waals surface area (Å²) < 4.78 is 20.7. The number of benzene rings is 2. The Labute approximate surface area is 195 Å². The molecule has 0 spiro atoms. The van der Waals surface area contributed by atoms with Crippen LogP contribution in [0.25, 0.3) is 0 Å². The standard InChI is InChI=1S/C23H24FN5O3S/c1-3-13-29-20(11-12-21(30)26-19-10-5-4-9-18(19)24)27-28-23(29)33-15-22(31)25-16-7-6-8-17(14-16)32-2/h3-10,14H,1,11-13,15H2,2H3,(H,25,31)(H,26,30). The van der Waals surface area contributed by atoms with E-state index in [2.05, 4.69) is 27.4 Å². The smallest absolute Gasteiger partial charge is 0.234 e. The fourth-order valence-electron chi connectivity index (χ4n) is 2.95. The number of carbonyl (C=O) groups excluding carboxylic acids is 2. The first-order valence-electron chi connectivity index (χ1n) is 10.1. The first kappa shape index (κ1) is 24.0. The summed E-state index contributed by atoms with van der Waals surface area (Å²) in [6.07, 6.45) is 2.09. The van der Waals surface area contributed by atoms with Gasteiger partial charge in [0.15, 0.2) is 5.16 Å². The minimum absolute atomic E-state index is 0.102. The Hall–Kier alpha value is -3.66. The second-order valence-electron chi connectivity index (χ2n) is 6.89. The second-order valence-corrected chi connectivity index (χ2v) is 7.84. The van der Waals surface area contributed by atoms with Gasteiger partial charge in [0.1, 0.15) is 17.4 Å². The number of ether oxygens (including phenoxy) is 1. The molecule has 0 fully saturated rings. The number of hydrogen-bond acceptors (Lipinski definition) is 6. The normalized spacial score (nSPS) is 10.5. The van der Waals surface area contributed by atoms with Crippen molar-refractivity contribution in [1.29, 1.82) is 0 Å². The molecule has 2 aromatic carbocycles. The molecule has 0 saturated heterocycles. The number of hydrogen-bond donors (Lipinski definition) is 2. The molecule has 1 heterocycles. The predicted octanol–water partition coefficient (Wildman–Crippen LogP) is 3.91. The number of methoxy groups -OCH3 is 1. The van der Waals surface area contributed by atoms with Gasteiger partial charge >= 0.3 is 0 Å². The van der Waals surface area contributed by atoms with E-state index in [0.29, 0.717) is 35.4 Å². The molecule has 0 saturated carbocycles. The SMILES string of the molecule is C=CCn1c(CCC(=O)Nc2ccccc2F)nnc1SCC(=O)Nc1cccc(OC)c1. The largest absolute Gasteiger partial charge is 0.497 e. The van der Waals surface area contributed by atoms with Gasteiger partial charge in [0.2, 0.25) is 11.8 Å². The lowest BCUT2D eigenvalue weighted by molar-refractivity contribution is -0.116. The van der Waals surface area contributed by atoms with Gasteiger partial charge in [0.25, 0.3) is 0 Å². The summed E-state index contributed by atoms with van der Waals surface area (Å²) in [7, 11) is 1.56. The van der Waals surface area contributed by atoms with Crippen LogP contribution in [-0.2, 0) is 22.6 Å². The number of aryl methyl sites for hydroxylation is 1. The van der Waals surface area contributed by atoms with E-state index in [1.165, 1.54) is 23.9 Å². The summed E-state index contributed by atoms with van der Waals surface area (Å²) in [5.41, 5.74) is 0.766. The van der Waals surface area contributed by atoms with E-state index in [0.717, 1.165) is 0 Å². The van der Waals surface area contributed by atoms with Crippen LogP contribution < -0.4 is 15.4 Å². The maximum absolute atomic E-state index is 13.7. The molecule has 0 aliphatic rings. The molecule has 0 bridgehead atoms. The highest BCUT2D eigenvalue weighted by molar-refractivity contribution is 7.99. The van der Waals surface area contributed by atoms with Gasteiger partial charge in [0.05, 0.1) is 18.6 Å². The van der Waals surface area contributed by atoms with Gasteiger partial charge in [-0.05, 0) is 24.3 Å². The first-order chi connectivity index (χ1) is 16.0. The van der Waals surface area contributed by atoms with Crippen molar-refractivity contribution in [3.8, 4) is 5.75 Å². The van der Waals surface area contributed by atoms with Crippen molar-refractivity contribution in [2.75, 3.05) is 23.5 Å². The topological polar surface area (TPSA) is 98.1 Å². The van der Waals surface area contributed by atoms with E-state index in [4.69, 9.17) is 4.74 Å². The van der Waals surface area contributed by atoms with E-state index in [-0.39, 0.29) is 29.7 Å². The molecule has 0 atom stereocenters. The maximum Gasteiger partial charge on any atom is 0.234 e. The molecule has 1 aromatic heterocycles. The van der Waals surface area contributed by atoms with Gasteiger partial charge in [-0.3, -0.25) is 9.59 Å². The van der Waals surface area contributed by atoms with Crippen molar-refractivity contribution >= 4 is 35.0 Å². The van der Waals surface area contributed by atoms with E-state index in [9.17, 15) is 14.0 Å². The Kier molecular flexibility index (Phi) is 8.59. The highest BCUT2D eigenvalue weighted by Gasteiger charge is 2.15. The summed E-state index contributed by atoms with van der Waals surface area (Å²) in [4.78, 5) is 24.6. The average Bonchev–Trinajstić information content (AvgIpc) is 3.19. The second kappa shape index (κ2) is 11.8. The van der Waals surface area contributed by atoms with Crippen molar-refractivity contribution in [2.24, 2.45) is 0 Å². The summed E-state index contributed by atoms with van der Waals surface area (Å²) in [6.45, 7) is 4.18. The van der Waals surface area contributed by atoms with Crippen molar-refractivity contribution in [1.82, 2.24) is 14.8 Å². The molecule has 10 heteroatoms. The molecule has 8 nitrogen and oxygen atoms in total. The van der Waals surface area contributed by atoms with Crippen LogP contribution in [0.15, 0.2) is 66.3 Å². The van der Waals surface area contributed by atoms with Crippen molar-refractivity contribution < 1.29 is 18.7 Å². The number of rotatable bonds is 11.